The molecule has 0 amide bonds. The summed E-state index contributed by atoms with van der Waals surface area (Å²) in [5, 5.41) is 3.42. The van der Waals surface area contributed by atoms with Crippen LogP contribution in [0.3, 0.4) is 0 Å². The summed E-state index contributed by atoms with van der Waals surface area (Å²) in [5.41, 5.74) is 3.52. The van der Waals surface area contributed by atoms with Crippen molar-refractivity contribution >= 4 is 0 Å². The molecule has 0 saturated heterocycles. The Morgan fingerprint density at radius 1 is 1.00 bits per heavy atom. The molecule has 0 spiro atoms. The molecule has 3 nitrogen and oxygen atoms in total. The van der Waals surface area contributed by atoms with Gasteiger partial charge in [0, 0.05) is 24.3 Å². The molecule has 1 heterocycles. The maximum atomic E-state index is 5.69. The highest BCUT2D eigenvalue weighted by atomic mass is 16.5. The van der Waals surface area contributed by atoms with Crippen LogP contribution >= 0.6 is 0 Å². The molecule has 3 heteroatoms. The van der Waals surface area contributed by atoms with Crippen LogP contribution in [-0.4, -0.2) is 17.1 Å². The van der Waals surface area contributed by atoms with Crippen molar-refractivity contribution < 1.29 is 4.74 Å². The number of pyridine rings is 1. The molecule has 0 unspecified atom stereocenters. The van der Waals surface area contributed by atoms with E-state index in [4.69, 9.17) is 4.74 Å². The molecule has 0 aliphatic rings. The first-order valence-corrected chi connectivity index (χ1v) is 7.49. The molecule has 21 heavy (non-hydrogen) atoms. The van der Waals surface area contributed by atoms with Crippen molar-refractivity contribution in [3.05, 3.63) is 48.3 Å². The highest BCUT2D eigenvalue weighted by molar-refractivity contribution is 5.64. The number of hydrogen-bond acceptors (Lipinski definition) is 3. The molecule has 2 rings (SSSR count). The molecule has 0 atom stereocenters. The van der Waals surface area contributed by atoms with Gasteiger partial charge in [-0.15, -0.1) is 0 Å². The lowest BCUT2D eigenvalue weighted by molar-refractivity contribution is 0.241. The Balaban J connectivity index is 2.11. The summed E-state index contributed by atoms with van der Waals surface area (Å²) >= 11 is 0. The second kappa shape index (κ2) is 7.23. The highest BCUT2D eigenvalue weighted by Crippen LogP contribution is 2.23. The maximum absolute atomic E-state index is 5.69. The highest BCUT2D eigenvalue weighted by Gasteiger charge is 2.03. The summed E-state index contributed by atoms with van der Waals surface area (Å²) in [6, 6.07) is 11.1. The Kier molecular flexibility index (Phi) is 5.34. The topological polar surface area (TPSA) is 34.2 Å². The van der Waals surface area contributed by atoms with Crippen molar-refractivity contribution in [2.45, 2.75) is 46.4 Å². The summed E-state index contributed by atoms with van der Waals surface area (Å²) in [6.45, 7) is 9.24. The molecular weight excluding hydrogens is 260 g/mol. The van der Waals surface area contributed by atoms with Crippen molar-refractivity contribution in [3.8, 4) is 16.9 Å². The lowest BCUT2D eigenvalue weighted by atomic mass is 10.1. The smallest absolute Gasteiger partial charge is 0.138 e. The second-order valence-electron chi connectivity index (χ2n) is 5.81. The van der Waals surface area contributed by atoms with Gasteiger partial charge in [-0.3, -0.25) is 4.98 Å². The van der Waals surface area contributed by atoms with E-state index in [1.807, 2.05) is 26.1 Å². The largest absolute Gasteiger partial charge is 0.489 e. The Labute approximate surface area is 127 Å². The van der Waals surface area contributed by atoms with Crippen LogP contribution in [0.15, 0.2) is 42.7 Å². The molecule has 1 aromatic heterocycles. The average Bonchev–Trinajstić information content (AvgIpc) is 2.45. The third-order valence-electron chi connectivity index (χ3n) is 3.09. The Hall–Kier alpha value is -1.87. The quantitative estimate of drug-likeness (QED) is 0.869. The van der Waals surface area contributed by atoms with Crippen molar-refractivity contribution in [1.82, 2.24) is 10.3 Å². The monoisotopic (exact) mass is 284 g/mol. The molecule has 2 aromatic rings. The van der Waals surface area contributed by atoms with Gasteiger partial charge in [0.15, 0.2) is 0 Å². The summed E-state index contributed by atoms with van der Waals surface area (Å²) in [4.78, 5) is 4.26. The van der Waals surface area contributed by atoms with Crippen molar-refractivity contribution in [1.29, 1.82) is 0 Å². The zero-order valence-electron chi connectivity index (χ0n) is 13.3. The van der Waals surface area contributed by atoms with Crippen LogP contribution in [0.1, 0.15) is 33.3 Å². The van der Waals surface area contributed by atoms with Crippen LogP contribution in [0, 0.1) is 0 Å². The number of aromatic nitrogens is 1. The number of nitrogens with one attached hydrogen (secondary N) is 1. The number of nitrogens with zero attached hydrogens (tertiary/aromatic N) is 1. The first-order chi connectivity index (χ1) is 10.0. The van der Waals surface area contributed by atoms with E-state index in [1.54, 1.807) is 6.20 Å². The van der Waals surface area contributed by atoms with E-state index >= 15 is 0 Å². The Morgan fingerprint density at radius 3 is 2.33 bits per heavy atom. The van der Waals surface area contributed by atoms with Crippen molar-refractivity contribution in [2.24, 2.45) is 0 Å². The van der Waals surface area contributed by atoms with Gasteiger partial charge in [0.25, 0.3) is 0 Å². The van der Waals surface area contributed by atoms with E-state index in [0.29, 0.717) is 6.04 Å². The first kappa shape index (κ1) is 15.5. The minimum Gasteiger partial charge on any atom is -0.489 e. The zero-order chi connectivity index (χ0) is 15.2. The molecule has 0 bridgehead atoms. The summed E-state index contributed by atoms with van der Waals surface area (Å²) in [7, 11) is 0. The lowest BCUT2D eigenvalue weighted by Crippen LogP contribution is -2.21. The molecule has 0 fully saturated rings. The Bertz CT molecular complexity index is 562. The summed E-state index contributed by atoms with van der Waals surface area (Å²) < 4.78 is 5.69. The van der Waals surface area contributed by atoms with Gasteiger partial charge < -0.3 is 10.1 Å². The second-order valence-corrected chi connectivity index (χ2v) is 5.81. The van der Waals surface area contributed by atoms with Gasteiger partial charge in [0.05, 0.1) is 12.3 Å². The fourth-order valence-corrected chi connectivity index (χ4v) is 2.05. The van der Waals surface area contributed by atoms with Gasteiger partial charge in [-0.1, -0.05) is 38.1 Å². The van der Waals surface area contributed by atoms with Crippen LogP contribution in [0.2, 0.25) is 0 Å². The van der Waals surface area contributed by atoms with E-state index in [0.717, 1.165) is 23.4 Å². The standard InChI is InChI=1S/C18H24N2O/c1-13(2)20-10-15-5-7-16(8-6-15)17-9-18(12-19-11-17)21-14(3)4/h5-9,11-14,20H,10H2,1-4H3. The Morgan fingerprint density at radius 2 is 1.71 bits per heavy atom. The lowest BCUT2D eigenvalue weighted by Gasteiger charge is -2.11. The number of benzene rings is 1. The predicted molar refractivity (Wildman–Crippen MR) is 87.4 cm³/mol. The number of rotatable bonds is 6. The number of ether oxygens (including phenoxy) is 1. The van der Waals surface area contributed by atoms with Gasteiger partial charge in [-0.2, -0.15) is 0 Å². The minimum atomic E-state index is 0.159. The maximum Gasteiger partial charge on any atom is 0.138 e. The molecule has 0 aliphatic heterocycles. The van der Waals surface area contributed by atoms with Gasteiger partial charge in [-0.25, -0.2) is 0 Å². The fraction of sp³-hybridized carbons (Fsp3) is 0.389. The molecule has 1 N–H and O–H groups in total. The van der Waals surface area contributed by atoms with Crippen LogP contribution < -0.4 is 10.1 Å². The summed E-state index contributed by atoms with van der Waals surface area (Å²) in [5.74, 6) is 0.813. The SMILES string of the molecule is CC(C)NCc1ccc(-c2cncc(OC(C)C)c2)cc1. The third kappa shape index (κ3) is 4.87. The van der Waals surface area contributed by atoms with E-state index in [-0.39, 0.29) is 6.10 Å². The van der Waals surface area contributed by atoms with Gasteiger partial charge in [0.1, 0.15) is 5.75 Å². The fourth-order valence-electron chi connectivity index (χ4n) is 2.05. The van der Waals surface area contributed by atoms with E-state index in [9.17, 15) is 0 Å². The predicted octanol–water partition coefficient (Wildman–Crippen LogP) is 4.03. The molecule has 0 radical (unpaired) electrons. The molecule has 112 valence electrons. The van der Waals surface area contributed by atoms with Crippen LogP contribution in [0.4, 0.5) is 0 Å². The minimum absolute atomic E-state index is 0.159. The molecule has 1 aromatic carbocycles. The van der Waals surface area contributed by atoms with Crippen LogP contribution in [0.25, 0.3) is 11.1 Å². The molecule has 0 saturated carbocycles. The third-order valence-corrected chi connectivity index (χ3v) is 3.09. The zero-order valence-corrected chi connectivity index (χ0v) is 13.3. The average molecular weight is 284 g/mol. The first-order valence-electron chi connectivity index (χ1n) is 7.49. The van der Waals surface area contributed by atoms with Gasteiger partial charge >= 0.3 is 0 Å². The van der Waals surface area contributed by atoms with Gasteiger partial charge in [0.2, 0.25) is 0 Å². The van der Waals surface area contributed by atoms with Gasteiger partial charge in [-0.05, 0) is 31.0 Å². The number of hydrogen-bond donors (Lipinski definition) is 1. The van der Waals surface area contributed by atoms with E-state index in [1.165, 1.54) is 5.56 Å². The van der Waals surface area contributed by atoms with Crippen molar-refractivity contribution in [2.75, 3.05) is 0 Å². The molecular formula is C18H24N2O. The normalized spacial score (nSPS) is 11.1. The molecule has 0 aliphatic carbocycles. The summed E-state index contributed by atoms with van der Waals surface area (Å²) in [6.07, 6.45) is 3.78. The van der Waals surface area contributed by atoms with E-state index < -0.39 is 0 Å². The van der Waals surface area contributed by atoms with Crippen LogP contribution in [0.5, 0.6) is 5.75 Å². The van der Waals surface area contributed by atoms with Crippen molar-refractivity contribution in [3.63, 3.8) is 0 Å². The van der Waals surface area contributed by atoms with Crippen LogP contribution in [-0.2, 0) is 6.54 Å². The van der Waals surface area contributed by atoms with E-state index in [2.05, 4.69) is 48.4 Å².